The van der Waals surface area contributed by atoms with Crippen molar-refractivity contribution in [3.8, 4) is 0 Å². The number of benzene rings is 2. The largest absolute Gasteiger partial charge is 0.494 e. The molecular formula is C24H27CoN3O. The Morgan fingerprint density at radius 2 is 1.62 bits per heavy atom. The van der Waals surface area contributed by atoms with Gasteiger partial charge in [0.15, 0.2) is 0 Å². The minimum Gasteiger partial charge on any atom is -0.494 e. The maximum Gasteiger partial charge on any atom is 0.203 e. The number of anilines is 1. The monoisotopic (exact) mass is 432 g/mol. The first-order valence-electron chi connectivity index (χ1n) is 9.09. The quantitative estimate of drug-likeness (QED) is 0.426. The van der Waals surface area contributed by atoms with E-state index in [1.54, 1.807) is 12.2 Å². The molecule has 0 fully saturated rings. The summed E-state index contributed by atoms with van der Waals surface area (Å²) in [5.74, 6) is -0.422. The van der Waals surface area contributed by atoms with Gasteiger partial charge in [-0.15, -0.1) is 0 Å². The van der Waals surface area contributed by atoms with Gasteiger partial charge in [-0.05, 0) is 35.4 Å². The van der Waals surface area contributed by atoms with Gasteiger partial charge in [0.1, 0.15) is 0 Å². The number of likely N-dealkylation sites (N-methyl/N-ethyl adjacent to an activating group) is 1. The van der Waals surface area contributed by atoms with Crippen LogP contribution in [0.25, 0.3) is 6.08 Å². The van der Waals surface area contributed by atoms with Crippen molar-refractivity contribution in [2.75, 3.05) is 11.9 Å². The van der Waals surface area contributed by atoms with Gasteiger partial charge < -0.3 is 15.4 Å². The molecule has 0 bridgehead atoms. The third-order valence-corrected chi connectivity index (χ3v) is 4.64. The normalized spacial score (nSPS) is 15.6. The molecule has 0 saturated heterocycles. The van der Waals surface area contributed by atoms with Gasteiger partial charge in [-0.1, -0.05) is 68.5 Å². The van der Waals surface area contributed by atoms with Crippen molar-refractivity contribution in [2.24, 2.45) is 0 Å². The van der Waals surface area contributed by atoms with Crippen LogP contribution in [-0.2, 0) is 22.2 Å². The Hall–Kier alpha value is -2.89. The van der Waals surface area contributed by atoms with Crippen LogP contribution in [0.3, 0.4) is 0 Å². The van der Waals surface area contributed by atoms with Crippen LogP contribution in [0.2, 0.25) is 0 Å². The summed E-state index contributed by atoms with van der Waals surface area (Å²) in [5.41, 5.74) is 4.89. The van der Waals surface area contributed by atoms with E-state index in [9.17, 15) is 0 Å². The predicted octanol–water partition coefficient (Wildman–Crippen LogP) is 5.74. The zero-order valence-corrected chi connectivity index (χ0v) is 17.9. The number of allylic oxidation sites excluding steroid dienone is 4. The Bertz CT molecular complexity index is 915. The summed E-state index contributed by atoms with van der Waals surface area (Å²) in [4.78, 5) is 2.23. The maximum absolute atomic E-state index is 8.51. The van der Waals surface area contributed by atoms with Crippen LogP contribution in [-0.4, -0.2) is 24.3 Å². The summed E-state index contributed by atoms with van der Waals surface area (Å²) in [6.45, 7) is 4.47. The molecule has 0 amide bonds. The molecule has 3 rings (SSSR count). The molecule has 0 spiro atoms. The van der Waals surface area contributed by atoms with Crippen molar-refractivity contribution < 1.29 is 21.9 Å². The predicted molar refractivity (Wildman–Crippen MR) is 120 cm³/mol. The van der Waals surface area contributed by atoms with E-state index in [0.717, 1.165) is 5.56 Å². The van der Waals surface area contributed by atoms with E-state index in [0.29, 0.717) is 0 Å². The molecule has 2 aromatic rings. The minimum absolute atomic E-state index is 0. The van der Waals surface area contributed by atoms with Gasteiger partial charge >= 0.3 is 0 Å². The molecule has 1 radical (unpaired) electrons. The van der Waals surface area contributed by atoms with Gasteiger partial charge in [0, 0.05) is 52.9 Å². The summed E-state index contributed by atoms with van der Waals surface area (Å²) in [6.07, 6.45) is 10.1. The molecule has 153 valence electrons. The second-order valence-corrected chi connectivity index (χ2v) is 6.93. The van der Waals surface area contributed by atoms with Gasteiger partial charge in [-0.3, -0.25) is 5.41 Å². The average molecular weight is 432 g/mol. The molecule has 3 N–H and O–H groups in total. The molecule has 0 unspecified atom stereocenters. The van der Waals surface area contributed by atoms with Gasteiger partial charge in [0.05, 0.1) is 0 Å². The van der Waals surface area contributed by atoms with Crippen molar-refractivity contribution in [2.45, 2.75) is 19.3 Å². The van der Waals surface area contributed by atoms with Crippen molar-refractivity contribution in [3.63, 3.8) is 0 Å². The fraction of sp³-hybridized carbons (Fsp3) is 0.167. The van der Waals surface area contributed by atoms with Crippen molar-refractivity contribution in [1.29, 1.82) is 10.8 Å². The fourth-order valence-corrected chi connectivity index (χ4v) is 3.24. The minimum atomic E-state index is -0.422. The average Bonchev–Trinajstić information content (AvgIpc) is 2.89. The number of aliphatic hydroxyl groups excluding tert-OH is 1. The molecular weight excluding hydrogens is 405 g/mol. The zero-order chi connectivity index (χ0) is 20.6. The Morgan fingerprint density at radius 1 is 1.00 bits per heavy atom. The molecule has 0 atom stereocenters. The number of fused-ring (bicyclic) bond motifs is 1. The number of para-hydroxylation sites is 1. The molecule has 4 nitrogen and oxygen atoms in total. The molecule has 29 heavy (non-hydrogen) atoms. The van der Waals surface area contributed by atoms with Crippen LogP contribution in [0, 0.1) is 10.8 Å². The van der Waals surface area contributed by atoms with E-state index in [4.69, 9.17) is 15.9 Å². The van der Waals surface area contributed by atoms with Crippen molar-refractivity contribution in [1.82, 2.24) is 0 Å². The standard InChI is InChI=1S/C15H18N2.C9H9NO.Co/c1-15(2)12-8-4-5-9-13(12)17(3)14(15)10-6-7-11-16;10-9(11)7-6-8-4-2-1-3-5-8;/h4-11,16H,1-3H3;1-7H,(H2,10,11);/b7-6+,14-10-,16-11?;7-6+;. The van der Waals surface area contributed by atoms with Gasteiger partial charge in [-0.25, -0.2) is 0 Å². The van der Waals surface area contributed by atoms with Crippen LogP contribution >= 0.6 is 0 Å². The van der Waals surface area contributed by atoms with E-state index >= 15 is 0 Å². The SMILES string of the molecule is CN1/C(=C\C=C\C=N)C(C)(C)c2ccccc21.N=C(O)/C=C/c1ccccc1.[Co]. The first-order valence-corrected chi connectivity index (χ1v) is 9.09. The fourth-order valence-electron chi connectivity index (χ4n) is 3.24. The molecule has 1 aliphatic heterocycles. The van der Waals surface area contributed by atoms with Crippen LogP contribution in [0.5, 0.6) is 0 Å². The second kappa shape index (κ2) is 11.2. The third-order valence-electron chi connectivity index (χ3n) is 4.64. The maximum atomic E-state index is 8.51. The number of nitrogens with zero attached hydrogens (tertiary/aromatic N) is 1. The van der Waals surface area contributed by atoms with Crippen LogP contribution in [0.4, 0.5) is 5.69 Å². The molecule has 1 heterocycles. The van der Waals surface area contributed by atoms with Gasteiger partial charge in [0.25, 0.3) is 0 Å². The smallest absolute Gasteiger partial charge is 0.203 e. The first kappa shape index (κ1) is 24.1. The summed E-state index contributed by atoms with van der Waals surface area (Å²) in [6, 6.07) is 18.0. The topological polar surface area (TPSA) is 71.2 Å². The molecule has 0 aromatic heterocycles. The molecule has 0 saturated carbocycles. The van der Waals surface area contributed by atoms with Gasteiger partial charge in [0.2, 0.25) is 5.90 Å². The number of hydrogen-bond acceptors (Lipinski definition) is 3. The summed E-state index contributed by atoms with van der Waals surface area (Å²) in [7, 11) is 2.09. The Kier molecular flexibility index (Phi) is 9.32. The number of hydrogen-bond donors (Lipinski definition) is 3. The Balaban J connectivity index is 0.000000306. The number of rotatable bonds is 4. The van der Waals surface area contributed by atoms with Gasteiger partial charge in [-0.2, -0.15) is 0 Å². The van der Waals surface area contributed by atoms with Crippen molar-refractivity contribution in [3.05, 3.63) is 95.7 Å². The summed E-state index contributed by atoms with van der Waals surface area (Å²) >= 11 is 0. The number of aliphatic hydroxyl groups is 1. The molecule has 0 aliphatic carbocycles. The molecule has 1 aliphatic rings. The van der Waals surface area contributed by atoms with Crippen LogP contribution in [0.1, 0.15) is 25.0 Å². The summed E-state index contributed by atoms with van der Waals surface area (Å²) < 4.78 is 0. The summed E-state index contributed by atoms with van der Waals surface area (Å²) in [5, 5.41) is 22.2. The number of nitrogens with one attached hydrogen (secondary N) is 2. The first-order chi connectivity index (χ1) is 13.4. The van der Waals surface area contributed by atoms with E-state index in [1.165, 1.54) is 29.2 Å². The molecule has 2 aromatic carbocycles. The van der Waals surface area contributed by atoms with E-state index in [-0.39, 0.29) is 22.2 Å². The Morgan fingerprint density at radius 3 is 2.21 bits per heavy atom. The van der Waals surface area contributed by atoms with Crippen molar-refractivity contribution >= 4 is 23.9 Å². The Labute approximate surface area is 183 Å². The van der Waals surface area contributed by atoms with E-state index in [2.05, 4.69) is 56.1 Å². The zero-order valence-electron chi connectivity index (χ0n) is 16.9. The van der Waals surface area contributed by atoms with Crippen LogP contribution < -0.4 is 4.90 Å². The van der Waals surface area contributed by atoms with E-state index in [1.807, 2.05) is 36.4 Å². The third kappa shape index (κ3) is 6.31. The molecule has 5 heteroatoms. The second-order valence-electron chi connectivity index (χ2n) is 6.93. The van der Waals surface area contributed by atoms with Crippen LogP contribution in [0.15, 0.2) is 84.6 Å². The van der Waals surface area contributed by atoms with E-state index < -0.39 is 5.90 Å².